The summed E-state index contributed by atoms with van der Waals surface area (Å²) >= 11 is 3.32. The van der Waals surface area contributed by atoms with Gasteiger partial charge in [0, 0.05) is 23.8 Å². The van der Waals surface area contributed by atoms with Crippen LogP contribution in [-0.2, 0) is 22.3 Å². The minimum atomic E-state index is -3.65. The van der Waals surface area contributed by atoms with Crippen molar-refractivity contribution in [2.24, 2.45) is 0 Å². The smallest absolute Gasteiger partial charge is 0.294 e. The quantitative estimate of drug-likeness (QED) is 0.507. The molecule has 0 atom stereocenters. The molecule has 0 radical (unpaired) electrons. The molecule has 9 heteroatoms. The predicted octanol–water partition coefficient (Wildman–Crippen LogP) is 1.78. The maximum Gasteiger partial charge on any atom is 0.294 e. The standard InChI is InChI=1S/C15H19BrN4O3S/c1-12-10-17-14(15(21)20(12)9-5-8-16)18-19-24(22,23)11-13-6-3-2-4-7-13/h2-4,6-7,10,19H,5,8-9,11H2,1H3,(H,17,18). The van der Waals surface area contributed by atoms with E-state index in [0.29, 0.717) is 12.1 Å². The second kappa shape index (κ2) is 8.41. The molecule has 2 N–H and O–H groups in total. The number of nitrogens with one attached hydrogen (secondary N) is 2. The number of anilines is 1. The Labute approximate surface area is 149 Å². The first-order chi connectivity index (χ1) is 11.4. The van der Waals surface area contributed by atoms with Crippen molar-refractivity contribution in [1.29, 1.82) is 0 Å². The number of aryl methyl sites for hydroxylation is 1. The summed E-state index contributed by atoms with van der Waals surface area (Å²) in [7, 11) is -3.65. The van der Waals surface area contributed by atoms with Crippen LogP contribution in [0.5, 0.6) is 0 Å². The van der Waals surface area contributed by atoms with Crippen molar-refractivity contribution in [2.75, 3.05) is 10.8 Å². The van der Waals surface area contributed by atoms with Crippen molar-refractivity contribution in [1.82, 2.24) is 14.4 Å². The van der Waals surface area contributed by atoms with Crippen molar-refractivity contribution in [3.8, 4) is 0 Å². The van der Waals surface area contributed by atoms with E-state index < -0.39 is 10.0 Å². The molecule has 2 aromatic rings. The van der Waals surface area contributed by atoms with E-state index in [0.717, 1.165) is 17.4 Å². The van der Waals surface area contributed by atoms with Gasteiger partial charge in [-0.1, -0.05) is 46.3 Å². The second-order valence-electron chi connectivity index (χ2n) is 5.22. The van der Waals surface area contributed by atoms with E-state index >= 15 is 0 Å². The molecule has 0 unspecified atom stereocenters. The Morgan fingerprint density at radius 2 is 1.96 bits per heavy atom. The molecule has 0 saturated carbocycles. The van der Waals surface area contributed by atoms with E-state index in [9.17, 15) is 13.2 Å². The average Bonchev–Trinajstić information content (AvgIpc) is 2.54. The van der Waals surface area contributed by atoms with Crippen molar-refractivity contribution < 1.29 is 8.42 Å². The number of aromatic nitrogens is 2. The number of halogens is 1. The number of benzene rings is 1. The van der Waals surface area contributed by atoms with Crippen LogP contribution < -0.4 is 15.8 Å². The Morgan fingerprint density at radius 3 is 2.62 bits per heavy atom. The highest BCUT2D eigenvalue weighted by Crippen LogP contribution is 2.05. The summed E-state index contributed by atoms with van der Waals surface area (Å²) < 4.78 is 25.7. The van der Waals surface area contributed by atoms with Crippen LogP contribution in [0.25, 0.3) is 0 Å². The van der Waals surface area contributed by atoms with Crippen molar-refractivity contribution >= 4 is 31.8 Å². The van der Waals surface area contributed by atoms with Gasteiger partial charge in [0.1, 0.15) is 0 Å². The van der Waals surface area contributed by atoms with Gasteiger partial charge in [-0.2, -0.15) is 0 Å². The van der Waals surface area contributed by atoms with Gasteiger partial charge in [-0.15, -0.1) is 4.83 Å². The minimum Gasteiger partial charge on any atom is -0.308 e. The van der Waals surface area contributed by atoms with Crippen LogP contribution >= 0.6 is 15.9 Å². The average molecular weight is 415 g/mol. The Morgan fingerprint density at radius 1 is 1.25 bits per heavy atom. The van der Waals surface area contributed by atoms with Gasteiger partial charge >= 0.3 is 0 Å². The number of nitrogens with zero attached hydrogens (tertiary/aromatic N) is 2. The molecule has 0 fully saturated rings. The van der Waals surface area contributed by atoms with Gasteiger partial charge in [0.05, 0.1) is 5.75 Å². The first-order valence-electron chi connectivity index (χ1n) is 7.35. The maximum atomic E-state index is 12.4. The second-order valence-corrected chi connectivity index (χ2v) is 7.73. The lowest BCUT2D eigenvalue weighted by atomic mass is 10.2. The van der Waals surface area contributed by atoms with E-state index in [1.807, 2.05) is 6.07 Å². The fraction of sp³-hybridized carbons (Fsp3) is 0.333. The van der Waals surface area contributed by atoms with E-state index in [1.165, 1.54) is 6.20 Å². The highest BCUT2D eigenvalue weighted by molar-refractivity contribution is 9.09. The van der Waals surface area contributed by atoms with E-state index in [-0.39, 0.29) is 17.1 Å². The predicted molar refractivity (Wildman–Crippen MR) is 97.5 cm³/mol. The van der Waals surface area contributed by atoms with Crippen LogP contribution in [0.2, 0.25) is 0 Å². The molecule has 0 aliphatic heterocycles. The van der Waals surface area contributed by atoms with Crippen molar-refractivity contribution in [2.45, 2.75) is 25.6 Å². The third-order valence-corrected chi connectivity index (χ3v) is 4.98. The summed E-state index contributed by atoms with van der Waals surface area (Å²) in [5, 5.41) is 0.771. The molecule has 0 bridgehead atoms. The normalized spacial score (nSPS) is 11.4. The zero-order valence-corrected chi connectivity index (χ0v) is 15.6. The molecule has 130 valence electrons. The van der Waals surface area contributed by atoms with Gasteiger partial charge < -0.3 is 4.57 Å². The molecular weight excluding hydrogens is 396 g/mol. The van der Waals surface area contributed by atoms with Crippen LogP contribution in [0.3, 0.4) is 0 Å². The monoisotopic (exact) mass is 414 g/mol. The lowest BCUT2D eigenvalue weighted by molar-refractivity contribution is 0.586. The topological polar surface area (TPSA) is 93.1 Å². The summed E-state index contributed by atoms with van der Waals surface area (Å²) in [5.41, 5.74) is 3.43. The fourth-order valence-electron chi connectivity index (χ4n) is 2.11. The molecule has 0 amide bonds. The molecule has 24 heavy (non-hydrogen) atoms. The third-order valence-electron chi connectivity index (χ3n) is 3.29. The van der Waals surface area contributed by atoms with Crippen molar-refractivity contribution in [3.63, 3.8) is 0 Å². The number of hydrogen-bond acceptors (Lipinski definition) is 5. The summed E-state index contributed by atoms with van der Waals surface area (Å²) in [6.07, 6.45) is 2.31. The number of alkyl halides is 1. The molecular formula is C15H19BrN4O3S. The summed E-state index contributed by atoms with van der Waals surface area (Å²) in [6.45, 7) is 2.32. The zero-order valence-electron chi connectivity index (χ0n) is 13.2. The molecule has 1 heterocycles. The molecule has 0 saturated heterocycles. The molecule has 2 rings (SSSR count). The number of rotatable bonds is 8. The largest absolute Gasteiger partial charge is 0.308 e. The first kappa shape index (κ1) is 18.6. The van der Waals surface area contributed by atoms with Gasteiger partial charge in [0.15, 0.2) is 0 Å². The SMILES string of the molecule is Cc1cnc(NNS(=O)(=O)Cc2ccccc2)c(=O)n1CCCBr. The van der Waals surface area contributed by atoms with Gasteiger partial charge in [-0.3, -0.25) is 10.2 Å². The van der Waals surface area contributed by atoms with Gasteiger partial charge in [-0.25, -0.2) is 13.4 Å². The minimum absolute atomic E-state index is 0.0493. The Kier molecular flexibility index (Phi) is 6.52. The Bertz CT molecular complexity index is 838. The highest BCUT2D eigenvalue weighted by atomic mass is 79.9. The van der Waals surface area contributed by atoms with E-state index in [1.54, 1.807) is 35.8 Å². The lowest BCUT2D eigenvalue weighted by Gasteiger charge is -2.12. The van der Waals surface area contributed by atoms with Gasteiger partial charge in [-0.05, 0) is 18.9 Å². The molecule has 7 nitrogen and oxygen atoms in total. The Hall–Kier alpha value is -1.71. The summed E-state index contributed by atoms with van der Waals surface area (Å²) in [6, 6.07) is 8.78. The number of hydrogen-bond donors (Lipinski definition) is 2. The molecule has 1 aromatic heterocycles. The Balaban J connectivity index is 2.10. The van der Waals surface area contributed by atoms with Gasteiger partial charge in [0.2, 0.25) is 15.8 Å². The lowest BCUT2D eigenvalue weighted by Crippen LogP contribution is -2.36. The molecule has 0 spiro atoms. The fourth-order valence-corrected chi connectivity index (χ4v) is 3.31. The van der Waals surface area contributed by atoms with Gasteiger partial charge in [0.25, 0.3) is 5.56 Å². The first-order valence-corrected chi connectivity index (χ1v) is 10.1. The number of hydrazine groups is 1. The van der Waals surface area contributed by atoms with Crippen molar-refractivity contribution in [3.05, 3.63) is 58.1 Å². The summed E-state index contributed by atoms with van der Waals surface area (Å²) in [5.74, 6) is -0.239. The third kappa shape index (κ3) is 5.15. The van der Waals surface area contributed by atoms with E-state index in [4.69, 9.17) is 0 Å². The van der Waals surface area contributed by atoms with Crippen LogP contribution in [0.1, 0.15) is 17.7 Å². The van der Waals surface area contributed by atoms with Crippen LogP contribution in [0.4, 0.5) is 5.82 Å². The molecule has 0 aliphatic rings. The highest BCUT2D eigenvalue weighted by Gasteiger charge is 2.13. The maximum absolute atomic E-state index is 12.4. The zero-order chi connectivity index (χ0) is 17.6. The van der Waals surface area contributed by atoms with Crippen LogP contribution in [-0.4, -0.2) is 23.3 Å². The number of sulfonamides is 1. The van der Waals surface area contributed by atoms with Crippen LogP contribution in [0, 0.1) is 6.92 Å². The summed E-state index contributed by atoms with van der Waals surface area (Å²) in [4.78, 5) is 18.5. The molecule has 1 aromatic carbocycles. The van der Waals surface area contributed by atoms with Crippen LogP contribution in [0.15, 0.2) is 41.3 Å². The van der Waals surface area contributed by atoms with E-state index in [2.05, 4.69) is 31.2 Å². The molecule has 0 aliphatic carbocycles.